The van der Waals surface area contributed by atoms with Gasteiger partial charge in [-0.2, -0.15) is 0 Å². The van der Waals surface area contributed by atoms with Crippen LogP contribution in [0.4, 0.5) is 0 Å². The van der Waals surface area contributed by atoms with E-state index in [-0.39, 0.29) is 12.1 Å². The third-order valence-corrected chi connectivity index (χ3v) is 3.86. The smallest absolute Gasteiger partial charge is 0.0615 e. The highest BCUT2D eigenvalue weighted by molar-refractivity contribution is 4.99. The van der Waals surface area contributed by atoms with E-state index in [1.807, 2.05) is 0 Å². The van der Waals surface area contributed by atoms with Crippen LogP contribution in [0.2, 0.25) is 0 Å². The van der Waals surface area contributed by atoms with Crippen LogP contribution in [0.3, 0.4) is 0 Å². The van der Waals surface area contributed by atoms with Gasteiger partial charge >= 0.3 is 0 Å². The van der Waals surface area contributed by atoms with E-state index in [0.29, 0.717) is 11.3 Å². The van der Waals surface area contributed by atoms with Gasteiger partial charge in [0.05, 0.1) is 6.61 Å². The molecule has 2 unspecified atom stereocenters. The molecule has 0 spiro atoms. The SMILES string of the molecule is CCNC1(CO)CCC(C)(C)CC1C. The van der Waals surface area contributed by atoms with Crippen molar-refractivity contribution in [3.8, 4) is 0 Å². The Morgan fingerprint density at radius 3 is 2.43 bits per heavy atom. The number of nitrogens with one attached hydrogen (secondary N) is 1. The predicted molar refractivity (Wildman–Crippen MR) is 60.3 cm³/mol. The van der Waals surface area contributed by atoms with Crippen molar-refractivity contribution in [1.29, 1.82) is 0 Å². The largest absolute Gasteiger partial charge is 0.394 e. The van der Waals surface area contributed by atoms with E-state index in [1.165, 1.54) is 12.8 Å². The topological polar surface area (TPSA) is 32.3 Å². The maximum absolute atomic E-state index is 9.55. The first-order chi connectivity index (χ1) is 6.46. The number of aliphatic hydroxyl groups is 1. The van der Waals surface area contributed by atoms with E-state index in [1.54, 1.807) is 0 Å². The van der Waals surface area contributed by atoms with E-state index in [9.17, 15) is 5.11 Å². The predicted octanol–water partition coefficient (Wildman–Crippen LogP) is 2.17. The second kappa shape index (κ2) is 4.19. The molecule has 1 saturated carbocycles. The maximum atomic E-state index is 9.55. The molecular formula is C12H25NO. The lowest BCUT2D eigenvalue weighted by molar-refractivity contribution is 0.0292. The zero-order valence-corrected chi connectivity index (χ0v) is 10.1. The summed E-state index contributed by atoms with van der Waals surface area (Å²) in [6, 6.07) is 0. The Hall–Kier alpha value is -0.0800. The Morgan fingerprint density at radius 2 is 2.00 bits per heavy atom. The number of rotatable bonds is 3. The van der Waals surface area contributed by atoms with Crippen LogP contribution in [-0.4, -0.2) is 23.8 Å². The van der Waals surface area contributed by atoms with Gasteiger partial charge in [-0.3, -0.25) is 0 Å². The lowest BCUT2D eigenvalue weighted by Gasteiger charge is -2.48. The molecule has 14 heavy (non-hydrogen) atoms. The van der Waals surface area contributed by atoms with Crippen molar-refractivity contribution in [3.05, 3.63) is 0 Å². The molecule has 0 bridgehead atoms. The van der Waals surface area contributed by atoms with Gasteiger partial charge in [0.25, 0.3) is 0 Å². The summed E-state index contributed by atoms with van der Waals surface area (Å²) in [5, 5.41) is 13.0. The van der Waals surface area contributed by atoms with Crippen LogP contribution in [0.5, 0.6) is 0 Å². The molecule has 1 aliphatic carbocycles. The monoisotopic (exact) mass is 199 g/mol. The molecule has 2 N–H and O–H groups in total. The first-order valence-corrected chi connectivity index (χ1v) is 5.82. The van der Waals surface area contributed by atoms with Crippen molar-refractivity contribution < 1.29 is 5.11 Å². The first kappa shape index (κ1) is 12.0. The minimum atomic E-state index is -0.00965. The molecule has 0 heterocycles. The third-order valence-electron chi connectivity index (χ3n) is 3.86. The maximum Gasteiger partial charge on any atom is 0.0615 e. The quantitative estimate of drug-likeness (QED) is 0.730. The van der Waals surface area contributed by atoms with Gasteiger partial charge in [0.1, 0.15) is 0 Å². The Kier molecular flexibility index (Phi) is 3.59. The lowest BCUT2D eigenvalue weighted by Crippen LogP contribution is -2.57. The standard InChI is InChI=1S/C12H25NO/c1-5-13-12(9-14)7-6-11(3,4)8-10(12)2/h10,13-14H,5-9H2,1-4H3. The van der Waals surface area contributed by atoms with Crippen molar-refractivity contribution in [2.24, 2.45) is 11.3 Å². The van der Waals surface area contributed by atoms with Gasteiger partial charge < -0.3 is 10.4 Å². The van der Waals surface area contributed by atoms with Gasteiger partial charge in [-0.05, 0) is 37.1 Å². The van der Waals surface area contributed by atoms with Crippen LogP contribution >= 0.6 is 0 Å². The number of aliphatic hydroxyl groups excluding tert-OH is 1. The molecule has 1 rings (SSSR count). The summed E-state index contributed by atoms with van der Waals surface area (Å²) >= 11 is 0. The molecule has 2 nitrogen and oxygen atoms in total. The molecule has 1 fully saturated rings. The molecule has 0 aliphatic heterocycles. The summed E-state index contributed by atoms with van der Waals surface area (Å²) in [4.78, 5) is 0. The first-order valence-electron chi connectivity index (χ1n) is 5.82. The van der Waals surface area contributed by atoms with Gasteiger partial charge in [-0.1, -0.05) is 27.7 Å². The third kappa shape index (κ3) is 2.29. The van der Waals surface area contributed by atoms with Gasteiger partial charge in [-0.15, -0.1) is 0 Å². The van der Waals surface area contributed by atoms with Crippen LogP contribution in [0, 0.1) is 11.3 Å². The summed E-state index contributed by atoms with van der Waals surface area (Å²) < 4.78 is 0. The van der Waals surface area contributed by atoms with E-state index in [0.717, 1.165) is 13.0 Å². The van der Waals surface area contributed by atoms with Crippen LogP contribution in [0.25, 0.3) is 0 Å². The van der Waals surface area contributed by atoms with Crippen molar-refractivity contribution in [3.63, 3.8) is 0 Å². The Balaban J connectivity index is 2.71. The van der Waals surface area contributed by atoms with E-state index in [2.05, 4.69) is 33.0 Å². The molecule has 2 atom stereocenters. The average molecular weight is 199 g/mol. The molecular weight excluding hydrogens is 174 g/mol. The normalized spacial score (nSPS) is 37.1. The molecule has 0 aromatic rings. The fraction of sp³-hybridized carbons (Fsp3) is 1.00. The zero-order valence-electron chi connectivity index (χ0n) is 10.1. The summed E-state index contributed by atoms with van der Waals surface area (Å²) in [5.74, 6) is 0.566. The van der Waals surface area contributed by atoms with Crippen LogP contribution in [0.1, 0.15) is 47.0 Å². The summed E-state index contributed by atoms with van der Waals surface area (Å²) in [6.07, 6.45) is 3.52. The van der Waals surface area contributed by atoms with Crippen molar-refractivity contribution in [2.75, 3.05) is 13.2 Å². The molecule has 0 saturated heterocycles. The summed E-state index contributed by atoms with van der Waals surface area (Å²) in [5.41, 5.74) is 0.442. The van der Waals surface area contributed by atoms with Crippen molar-refractivity contribution >= 4 is 0 Å². The van der Waals surface area contributed by atoms with Crippen LogP contribution < -0.4 is 5.32 Å². The molecule has 0 radical (unpaired) electrons. The highest BCUT2D eigenvalue weighted by Crippen LogP contribution is 2.43. The highest BCUT2D eigenvalue weighted by Gasteiger charge is 2.42. The van der Waals surface area contributed by atoms with Gasteiger partial charge in [0.15, 0.2) is 0 Å². The number of hydrogen-bond donors (Lipinski definition) is 2. The van der Waals surface area contributed by atoms with Crippen molar-refractivity contribution in [1.82, 2.24) is 5.32 Å². The van der Waals surface area contributed by atoms with E-state index < -0.39 is 0 Å². The second-order valence-corrected chi connectivity index (χ2v) is 5.61. The number of hydrogen-bond acceptors (Lipinski definition) is 2. The summed E-state index contributed by atoms with van der Waals surface area (Å²) in [6.45, 7) is 10.3. The zero-order chi connectivity index (χ0) is 10.8. The molecule has 2 heteroatoms. The molecule has 0 amide bonds. The fourth-order valence-electron chi connectivity index (χ4n) is 2.84. The second-order valence-electron chi connectivity index (χ2n) is 5.61. The van der Waals surface area contributed by atoms with Gasteiger partial charge in [0, 0.05) is 5.54 Å². The minimum Gasteiger partial charge on any atom is -0.394 e. The lowest BCUT2D eigenvalue weighted by atomic mass is 9.64. The molecule has 0 aromatic carbocycles. The molecule has 84 valence electrons. The van der Waals surface area contributed by atoms with Gasteiger partial charge in [0.2, 0.25) is 0 Å². The van der Waals surface area contributed by atoms with Crippen LogP contribution in [-0.2, 0) is 0 Å². The summed E-state index contributed by atoms with van der Waals surface area (Å²) in [7, 11) is 0. The average Bonchev–Trinajstić information content (AvgIpc) is 2.10. The van der Waals surface area contributed by atoms with Crippen LogP contribution in [0.15, 0.2) is 0 Å². The molecule has 1 aliphatic rings. The Labute approximate surface area is 88.1 Å². The molecule has 0 aromatic heterocycles. The van der Waals surface area contributed by atoms with E-state index >= 15 is 0 Å². The Bertz CT molecular complexity index is 191. The highest BCUT2D eigenvalue weighted by atomic mass is 16.3. The van der Waals surface area contributed by atoms with E-state index in [4.69, 9.17) is 0 Å². The number of likely N-dealkylation sites (N-methyl/N-ethyl adjacent to an activating group) is 1. The Morgan fingerprint density at radius 1 is 1.36 bits per heavy atom. The van der Waals surface area contributed by atoms with Crippen molar-refractivity contribution in [2.45, 2.75) is 52.5 Å². The minimum absolute atomic E-state index is 0.00965. The fourth-order valence-corrected chi connectivity index (χ4v) is 2.84. The van der Waals surface area contributed by atoms with Gasteiger partial charge in [-0.25, -0.2) is 0 Å².